The van der Waals surface area contributed by atoms with Gasteiger partial charge in [0.05, 0.1) is 0 Å². The van der Waals surface area contributed by atoms with Crippen molar-refractivity contribution in [1.82, 2.24) is 4.90 Å². The van der Waals surface area contributed by atoms with Gasteiger partial charge >= 0.3 is 0 Å². The van der Waals surface area contributed by atoms with Crippen molar-refractivity contribution in [2.75, 3.05) is 31.1 Å². The van der Waals surface area contributed by atoms with Crippen LogP contribution in [0.25, 0.3) is 0 Å². The van der Waals surface area contributed by atoms with Gasteiger partial charge in [-0.25, -0.2) is 0 Å². The molecule has 0 unspecified atom stereocenters. The minimum atomic E-state index is 1.03. The van der Waals surface area contributed by atoms with Crippen LogP contribution >= 0.6 is 15.9 Å². The Bertz CT molecular complexity index is 604. The molecule has 0 saturated carbocycles. The van der Waals surface area contributed by atoms with Gasteiger partial charge in [0.2, 0.25) is 0 Å². The normalized spacial score (nSPS) is 16.2. The molecule has 3 heteroatoms. The Hall–Kier alpha value is -1.32. The number of piperazine rings is 1. The van der Waals surface area contributed by atoms with Gasteiger partial charge in [0.25, 0.3) is 0 Å². The Labute approximate surface area is 135 Å². The lowest BCUT2D eigenvalue weighted by Crippen LogP contribution is -2.46. The maximum Gasteiger partial charge on any atom is 0.0369 e. The molecule has 0 aromatic heterocycles. The zero-order valence-corrected chi connectivity index (χ0v) is 14.0. The van der Waals surface area contributed by atoms with Crippen molar-refractivity contribution in [3.63, 3.8) is 0 Å². The van der Waals surface area contributed by atoms with E-state index in [9.17, 15) is 0 Å². The molecule has 1 saturated heterocycles. The van der Waals surface area contributed by atoms with Crippen molar-refractivity contribution in [1.29, 1.82) is 0 Å². The summed E-state index contributed by atoms with van der Waals surface area (Å²) in [7, 11) is 0. The van der Waals surface area contributed by atoms with E-state index in [1.165, 1.54) is 21.3 Å². The molecule has 0 aliphatic carbocycles. The Morgan fingerprint density at radius 1 is 0.952 bits per heavy atom. The van der Waals surface area contributed by atoms with Crippen molar-refractivity contribution >= 4 is 21.6 Å². The first-order chi connectivity index (χ1) is 10.2. The highest BCUT2D eigenvalue weighted by molar-refractivity contribution is 9.10. The topological polar surface area (TPSA) is 6.48 Å². The van der Waals surface area contributed by atoms with Crippen molar-refractivity contribution in [3.8, 4) is 0 Å². The Balaban J connectivity index is 1.59. The van der Waals surface area contributed by atoms with E-state index in [2.05, 4.69) is 81.2 Å². The SMILES string of the molecule is Cc1cccc(N2CCN(Cc3ccccc3Br)CC2)c1. The minimum absolute atomic E-state index is 1.03. The Morgan fingerprint density at radius 3 is 2.43 bits per heavy atom. The molecule has 0 spiro atoms. The number of benzene rings is 2. The summed E-state index contributed by atoms with van der Waals surface area (Å²) in [6, 6.07) is 17.3. The maximum absolute atomic E-state index is 3.64. The van der Waals surface area contributed by atoms with Crippen LogP contribution in [0.15, 0.2) is 53.0 Å². The van der Waals surface area contributed by atoms with Crippen molar-refractivity contribution in [2.24, 2.45) is 0 Å². The Kier molecular flexibility index (Phi) is 4.61. The highest BCUT2D eigenvalue weighted by Gasteiger charge is 2.17. The summed E-state index contributed by atoms with van der Waals surface area (Å²) in [4.78, 5) is 5.02. The van der Waals surface area contributed by atoms with E-state index in [1.807, 2.05) is 0 Å². The molecule has 2 aromatic carbocycles. The van der Waals surface area contributed by atoms with Crippen LogP contribution in [0, 0.1) is 6.92 Å². The molecule has 3 rings (SSSR count). The highest BCUT2D eigenvalue weighted by atomic mass is 79.9. The lowest BCUT2D eigenvalue weighted by atomic mass is 10.1. The fraction of sp³-hybridized carbons (Fsp3) is 0.333. The van der Waals surface area contributed by atoms with Gasteiger partial charge in [0.1, 0.15) is 0 Å². The summed E-state index contributed by atoms with van der Waals surface area (Å²) in [5, 5.41) is 0. The fourth-order valence-electron chi connectivity index (χ4n) is 2.86. The van der Waals surface area contributed by atoms with Gasteiger partial charge in [-0.05, 0) is 36.2 Å². The lowest BCUT2D eigenvalue weighted by molar-refractivity contribution is 0.249. The predicted octanol–water partition coefficient (Wildman–Crippen LogP) is 4.08. The Morgan fingerprint density at radius 2 is 1.71 bits per heavy atom. The third-order valence-corrected chi connectivity index (χ3v) is 4.86. The van der Waals surface area contributed by atoms with Crippen molar-refractivity contribution in [2.45, 2.75) is 13.5 Å². The smallest absolute Gasteiger partial charge is 0.0369 e. The molecule has 2 aromatic rings. The van der Waals surface area contributed by atoms with Crippen molar-refractivity contribution in [3.05, 3.63) is 64.1 Å². The molecule has 1 aliphatic rings. The summed E-state index contributed by atoms with van der Waals surface area (Å²) >= 11 is 3.64. The van der Waals surface area contributed by atoms with Crippen LogP contribution in [0.4, 0.5) is 5.69 Å². The van der Waals surface area contributed by atoms with Crippen LogP contribution in [0.1, 0.15) is 11.1 Å². The quantitative estimate of drug-likeness (QED) is 0.827. The third kappa shape index (κ3) is 3.66. The molecule has 0 N–H and O–H groups in total. The molecular weight excluding hydrogens is 324 g/mol. The maximum atomic E-state index is 3.64. The van der Waals surface area contributed by atoms with Crippen LogP contribution < -0.4 is 4.90 Å². The summed E-state index contributed by atoms with van der Waals surface area (Å²) < 4.78 is 1.21. The first-order valence-electron chi connectivity index (χ1n) is 7.50. The van der Waals surface area contributed by atoms with Crippen LogP contribution in [0.3, 0.4) is 0 Å². The molecule has 0 amide bonds. The number of hydrogen-bond acceptors (Lipinski definition) is 2. The summed E-state index contributed by atoms with van der Waals surface area (Å²) in [6.07, 6.45) is 0. The van der Waals surface area contributed by atoms with E-state index >= 15 is 0 Å². The van der Waals surface area contributed by atoms with E-state index in [4.69, 9.17) is 0 Å². The highest BCUT2D eigenvalue weighted by Crippen LogP contribution is 2.21. The number of hydrogen-bond donors (Lipinski definition) is 0. The van der Waals surface area contributed by atoms with Gasteiger partial charge in [-0.1, -0.05) is 46.3 Å². The average molecular weight is 345 g/mol. The second-order valence-electron chi connectivity index (χ2n) is 5.69. The van der Waals surface area contributed by atoms with Gasteiger partial charge in [0.15, 0.2) is 0 Å². The van der Waals surface area contributed by atoms with E-state index in [1.54, 1.807) is 0 Å². The molecule has 1 fully saturated rings. The molecule has 0 atom stereocenters. The molecule has 1 aliphatic heterocycles. The van der Waals surface area contributed by atoms with Gasteiger partial charge in [-0.3, -0.25) is 4.90 Å². The number of aryl methyl sites for hydroxylation is 1. The molecule has 0 bridgehead atoms. The predicted molar refractivity (Wildman–Crippen MR) is 92.8 cm³/mol. The summed E-state index contributed by atoms with van der Waals surface area (Å²) in [5.41, 5.74) is 4.07. The van der Waals surface area contributed by atoms with Crippen molar-refractivity contribution < 1.29 is 0 Å². The van der Waals surface area contributed by atoms with Crippen LogP contribution in [0.2, 0.25) is 0 Å². The fourth-order valence-corrected chi connectivity index (χ4v) is 3.27. The molecule has 1 heterocycles. The second kappa shape index (κ2) is 6.63. The molecule has 0 radical (unpaired) electrons. The number of halogens is 1. The molecular formula is C18H21BrN2. The first-order valence-corrected chi connectivity index (χ1v) is 8.29. The average Bonchev–Trinajstić information content (AvgIpc) is 2.50. The molecule has 110 valence electrons. The van der Waals surface area contributed by atoms with Crippen LogP contribution in [-0.4, -0.2) is 31.1 Å². The van der Waals surface area contributed by atoms with E-state index < -0.39 is 0 Å². The monoisotopic (exact) mass is 344 g/mol. The van der Waals surface area contributed by atoms with Gasteiger partial charge in [-0.15, -0.1) is 0 Å². The lowest BCUT2D eigenvalue weighted by Gasteiger charge is -2.36. The minimum Gasteiger partial charge on any atom is -0.369 e. The largest absolute Gasteiger partial charge is 0.369 e. The summed E-state index contributed by atoms with van der Waals surface area (Å²) in [5.74, 6) is 0. The third-order valence-electron chi connectivity index (χ3n) is 4.09. The van der Waals surface area contributed by atoms with E-state index in [0.29, 0.717) is 0 Å². The first kappa shape index (κ1) is 14.6. The summed E-state index contributed by atoms with van der Waals surface area (Å²) in [6.45, 7) is 7.64. The van der Waals surface area contributed by atoms with Crippen LogP contribution in [0.5, 0.6) is 0 Å². The number of rotatable bonds is 3. The molecule has 2 nitrogen and oxygen atoms in total. The molecule has 21 heavy (non-hydrogen) atoms. The van der Waals surface area contributed by atoms with E-state index in [0.717, 1.165) is 32.7 Å². The second-order valence-corrected chi connectivity index (χ2v) is 6.55. The standard InChI is InChI=1S/C18H21BrN2/c1-15-5-4-7-17(13-15)21-11-9-20(10-12-21)14-16-6-2-3-8-18(16)19/h2-8,13H,9-12,14H2,1H3. The number of nitrogens with zero attached hydrogens (tertiary/aromatic N) is 2. The van der Waals surface area contributed by atoms with Gasteiger partial charge in [-0.2, -0.15) is 0 Å². The number of anilines is 1. The zero-order chi connectivity index (χ0) is 14.7. The van der Waals surface area contributed by atoms with E-state index in [-0.39, 0.29) is 0 Å². The van der Waals surface area contributed by atoms with Gasteiger partial charge < -0.3 is 4.90 Å². The van der Waals surface area contributed by atoms with Gasteiger partial charge in [0, 0.05) is 42.9 Å². The van der Waals surface area contributed by atoms with Crippen LogP contribution in [-0.2, 0) is 6.54 Å². The zero-order valence-electron chi connectivity index (χ0n) is 12.4.